The van der Waals surface area contributed by atoms with Crippen molar-refractivity contribution in [1.82, 2.24) is 0 Å². The first kappa shape index (κ1) is 11.8. The zero-order chi connectivity index (χ0) is 11.5. The zero-order valence-corrected chi connectivity index (χ0v) is 9.81. The molecule has 1 aliphatic rings. The van der Waals surface area contributed by atoms with Crippen molar-refractivity contribution in [3.05, 3.63) is 35.4 Å². The molecular formula is C13H15ClF2. The molecule has 2 atom stereocenters. The van der Waals surface area contributed by atoms with E-state index in [1.54, 1.807) is 6.07 Å². The Morgan fingerprint density at radius 1 is 1.25 bits per heavy atom. The second-order valence-electron chi connectivity index (χ2n) is 4.57. The topological polar surface area (TPSA) is 0 Å². The molecule has 1 aromatic rings. The zero-order valence-electron chi connectivity index (χ0n) is 9.06. The molecule has 0 heterocycles. The number of alkyl halides is 1. The Bertz CT molecular complexity index is 365. The monoisotopic (exact) mass is 244 g/mol. The van der Waals surface area contributed by atoms with Crippen LogP contribution < -0.4 is 0 Å². The van der Waals surface area contributed by atoms with Gasteiger partial charge in [-0.15, -0.1) is 11.6 Å². The number of halogens is 3. The standard InChI is InChI=1S/C13H15ClF2/c14-11-3-1-2-9(7-11)6-10-4-5-12(15)8-13(10)16/h4-5,8-9,11H,1-3,6-7H2. The van der Waals surface area contributed by atoms with Gasteiger partial charge in [-0.1, -0.05) is 18.9 Å². The fourth-order valence-corrected chi connectivity index (χ4v) is 2.82. The minimum absolute atomic E-state index is 0.224. The number of hydrogen-bond acceptors (Lipinski definition) is 0. The Morgan fingerprint density at radius 3 is 2.75 bits per heavy atom. The molecule has 0 nitrogen and oxygen atoms in total. The van der Waals surface area contributed by atoms with Crippen LogP contribution in [0, 0.1) is 17.6 Å². The Kier molecular flexibility index (Phi) is 3.80. The van der Waals surface area contributed by atoms with E-state index in [0.29, 0.717) is 17.9 Å². The predicted molar refractivity (Wildman–Crippen MR) is 61.7 cm³/mol. The van der Waals surface area contributed by atoms with Gasteiger partial charge >= 0.3 is 0 Å². The molecule has 2 rings (SSSR count). The molecular weight excluding hydrogens is 230 g/mol. The molecule has 0 spiro atoms. The van der Waals surface area contributed by atoms with Crippen molar-refractivity contribution in [1.29, 1.82) is 0 Å². The van der Waals surface area contributed by atoms with Gasteiger partial charge in [0.1, 0.15) is 11.6 Å². The van der Waals surface area contributed by atoms with Crippen molar-refractivity contribution >= 4 is 11.6 Å². The minimum Gasteiger partial charge on any atom is -0.207 e. The molecule has 0 radical (unpaired) electrons. The van der Waals surface area contributed by atoms with Gasteiger partial charge in [-0.3, -0.25) is 0 Å². The van der Waals surface area contributed by atoms with Gasteiger partial charge < -0.3 is 0 Å². The lowest BCUT2D eigenvalue weighted by Gasteiger charge is -2.25. The van der Waals surface area contributed by atoms with E-state index in [2.05, 4.69) is 0 Å². The number of hydrogen-bond donors (Lipinski definition) is 0. The summed E-state index contributed by atoms with van der Waals surface area (Å²) in [4.78, 5) is 0. The Hall–Kier alpha value is -0.630. The van der Waals surface area contributed by atoms with Crippen LogP contribution in [0.25, 0.3) is 0 Å². The first-order valence-corrected chi connectivity index (χ1v) is 6.17. The third-order valence-electron chi connectivity index (χ3n) is 3.24. The molecule has 2 unspecified atom stereocenters. The van der Waals surface area contributed by atoms with Crippen LogP contribution in [-0.2, 0) is 6.42 Å². The highest BCUT2D eigenvalue weighted by Gasteiger charge is 2.21. The normalized spacial score (nSPS) is 25.7. The van der Waals surface area contributed by atoms with Crippen LogP contribution in [0.5, 0.6) is 0 Å². The largest absolute Gasteiger partial charge is 0.207 e. The maximum Gasteiger partial charge on any atom is 0.129 e. The molecule has 0 saturated heterocycles. The van der Waals surface area contributed by atoms with E-state index in [-0.39, 0.29) is 5.38 Å². The minimum atomic E-state index is -0.514. The van der Waals surface area contributed by atoms with Crippen molar-refractivity contribution in [2.24, 2.45) is 5.92 Å². The molecule has 88 valence electrons. The summed E-state index contributed by atoms with van der Waals surface area (Å²) in [5.41, 5.74) is 0.608. The Labute approximate surface area is 99.6 Å². The van der Waals surface area contributed by atoms with Gasteiger partial charge in [0, 0.05) is 11.4 Å². The third kappa shape index (κ3) is 2.94. The summed E-state index contributed by atoms with van der Waals surface area (Å²) < 4.78 is 26.2. The molecule has 16 heavy (non-hydrogen) atoms. The maximum absolute atomic E-state index is 13.4. The van der Waals surface area contributed by atoms with Crippen LogP contribution >= 0.6 is 11.6 Å². The van der Waals surface area contributed by atoms with Gasteiger partial charge in [-0.2, -0.15) is 0 Å². The molecule has 1 aliphatic carbocycles. The fraction of sp³-hybridized carbons (Fsp3) is 0.538. The van der Waals surface area contributed by atoms with Crippen molar-refractivity contribution < 1.29 is 8.78 Å². The van der Waals surface area contributed by atoms with E-state index >= 15 is 0 Å². The van der Waals surface area contributed by atoms with Crippen LogP contribution in [0.4, 0.5) is 8.78 Å². The summed E-state index contributed by atoms with van der Waals surface area (Å²) in [5.74, 6) is -0.506. The Morgan fingerprint density at radius 2 is 2.06 bits per heavy atom. The van der Waals surface area contributed by atoms with Gasteiger partial charge in [0.15, 0.2) is 0 Å². The third-order valence-corrected chi connectivity index (χ3v) is 3.64. The van der Waals surface area contributed by atoms with Gasteiger partial charge in [0.2, 0.25) is 0 Å². The van der Waals surface area contributed by atoms with E-state index in [4.69, 9.17) is 11.6 Å². The Balaban J connectivity index is 2.02. The predicted octanol–water partition coefficient (Wildman–Crippen LogP) is 4.30. The van der Waals surface area contributed by atoms with E-state index in [1.165, 1.54) is 6.07 Å². The molecule has 3 heteroatoms. The molecule has 0 aromatic heterocycles. The SMILES string of the molecule is Fc1ccc(CC2CCCC(Cl)C2)c(F)c1. The number of benzene rings is 1. The average Bonchev–Trinajstić information content (AvgIpc) is 2.22. The molecule has 0 bridgehead atoms. The van der Waals surface area contributed by atoms with Crippen molar-refractivity contribution in [2.75, 3.05) is 0 Å². The van der Waals surface area contributed by atoms with E-state index in [1.807, 2.05) is 0 Å². The maximum atomic E-state index is 13.4. The second-order valence-corrected chi connectivity index (χ2v) is 5.19. The van der Waals surface area contributed by atoms with Crippen LogP contribution in [0.1, 0.15) is 31.2 Å². The first-order valence-electron chi connectivity index (χ1n) is 5.73. The highest BCUT2D eigenvalue weighted by molar-refractivity contribution is 6.20. The molecule has 0 N–H and O–H groups in total. The van der Waals surface area contributed by atoms with E-state index in [9.17, 15) is 8.78 Å². The second kappa shape index (κ2) is 5.13. The summed E-state index contributed by atoms with van der Waals surface area (Å²) in [6.07, 6.45) is 4.89. The van der Waals surface area contributed by atoms with Crippen molar-refractivity contribution in [3.8, 4) is 0 Å². The van der Waals surface area contributed by atoms with Gasteiger partial charge in [-0.05, 0) is 36.8 Å². The van der Waals surface area contributed by atoms with Crippen molar-refractivity contribution in [3.63, 3.8) is 0 Å². The molecule has 1 aromatic carbocycles. The van der Waals surface area contributed by atoms with E-state index in [0.717, 1.165) is 31.7 Å². The highest BCUT2D eigenvalue weighted by Crippen LogP contribution is 2.30. The lowest BCUT2D eigenvalue weighted by atomic mass is 9.84. The lowest BCUT2D eigenvalue weighted by Crippen LogP contribution is -2.17. The van der Waals surface area contributed by atoms with Crippen molar-refractivity contribution in [2.45, 2.75) is 37.5 Å². The molecule has 1 fully saturated rings. The van der Waals surface area contributed by atoms with Crippen LogP contribution in [-0.4, -0.2) is 5.38 Å². The summed E-state index contributed by atoms with van der Waals surface area (Å²) in [5, 5.41) is 0.224. The molecule has 0 aliphatic heterocycles. The van der Waals surface area contributed by atoms with Gasteiger partial charge in [0.05, 0.1) is 0 Å². The first-order chi connectivity index (χ1) is 7.65. The average molecular weight is 245 g/mol. The molecule has 0 amide bonds. The van der Waals surface area contributed by atoms with Gasteiger partial charge in [-0.25, -0.2) is 8.78 Å². The van der Waals surface area contributed by atoms with Crippen LogP contribution in [0.2, 0.25) is 0 Å². The molecule has 1 saturated carbocycles. The van der Waals surface area contributed by atoms with E-state index < -0.39 is 11.6 Å². The summed E-state index contributed by atoms with van der Waals surface area (Å²) >= 11 is 6.09. The lowest BCUT2D eigenvalue weighted by molar-refractivity contribution is 0.357. The smallest absolute Gasteiger partial charge is 0.129 e. The summed E-state index contributed by atoms with van der Waals surface area (Å²) in [6.45, 7) is 0. The summed E-state index contributed by atoms with van der Waals surface area (Å²) in [6, 6.07) is 3.82. The van der Waals surface area contributed by atoms with Gasteiger partial charge in [0.25, 0.3) is 0 Å². The fourth-order valence-electron chi connectivity index (χ4n) is 2.41. The quantitative estimate of drug-likeness (QED) is 0.681. The summed E-state index contributed by atoms with van der Waals surface area (Å²) in [7, 11) is 0. The number of rotatable bonds is 2. The van der Waals surface area contributed by atoms with Crippen LogP contribution in [0.3, 0.4) is 0 Å². The van der Waals surface area contributed by atoms with Crippen LogP contribution in [0.15, 0.2) is 18.2 Å². The highest BCUT2D eigenvalue weighted by atomic mass is 35.5.